The number of hydrogen-bond donors (Lipinski definition) is 2. The predicted molar refractivity (Wildman–Crippen MR) is 102 cm³/mol. The number of aromatic nitrogens is 2. The minimum atomic E-state index is -0.0957. The maximum absolute atomic E-state index is 12.5. The molecule has 0 aliphatic heterocycles. The molecule has 0 atom stereocenters. The van der Waals surface area contributed by atoms with E-state index >= 15 is 0 Å². The SMILES string of the molecule is COc1cccc(Nc2ccccc2C(=O)NCCCn2ccnc2)c1. The van der Waals surface area contributed by atoms with E-state index in [1.807, 2.05) is 59.3 Å². The van der Waals surface area contributed by atoms with Gasteiger partial charge in [0.05, 0.1) is 24.7 Å². The number of imidazole rings is 1. The van der Waals surface area contributed by atoms with Gasteiger partial charge >= 0.3 is 0 Å². The molecule has 6 nitrogen and oxygen atoms in total. The van der Waals surface area contributed by atoms with Crippen molar-refractivity contribution in [1.82, 2.24) is 14.9 Å². The van der Waals surface area contributed by atoms with Crippen molar-refractivity contribution in [1.29, 1.82) is 0 Å². The molecule has 2 N–H and O–H groups in total. The lowest BCUT2D eigenvalue weighted by atomic mass is 10.1. The van der Waals surface area contributed by atoms with Gasteiger partial charge in [0.25, 0.3) is 5.91 Å². The van der Waals surface area contributed by atoms with Crippen molar-refractivity contribution >= 4 is 17.3 Å². The number of anilines is 2. The van der Waals surface area contributed by atoms with Gasteiger partial charge in [-0.15, -0.1) is 0 Å². The van der Waals surface area contributed by atoms with Gasteiger partial charge in [-0.3, -0.25) is 4.79 Å². The number of hydrogen-bond acceptors (Lipinski definition) is 4. The Bertz CT molecular complexity index is 847. The molecular weight excluding hydrogens is 328 g/mol. The number of nitrogens with one attached hydrogen (secondary N) is 2. The first-order chi connectivity index (χ1) is 12.8. The maximum atomic E-state index is 12.5. The van der Waals surface area contributed by atoms with Crippen LogP contribution in [0.3, 0.4) is 0 Å². The Kier molecular flexibility index (Phi) is 5.88. The lowest BCUT2D eigenvalue weighted by Crippen LogP contribution is -2.25. The zero-order chi connectivity index (χ0) is 18.2. The Morgan fingerprint density at radius 1 is 1.19 bits per heavy atom. The summed E-state index contributed by atoms with van der Waals surface area (Å²) in [6, 6.07) is 15.1. The summed E-state index contributed by atoms with van der Waals surface area (Å²) in [7, 11) is 1.63. The highest BCUT2D eigenvalue weighted by atomic mass is 16.5. The number of carbonyl (C=O) groups excluding carboxylic acids is 1. The van der Waals surface area contributed by atoms with E-state index in [1.165, 1.54) is 0 Å². The summed E-state index contributed by atoms with van der Waals surface area (Å²) in [5.74, 6) is 0.665. The van der Waals surface area contributed by atoms with Crippen LogP contribution in [0.5, 0.6) is 5.75 Å². The Morgan fingerprint density at radius 3 is 2.88 bits per heavy atom. The van der Waals surface area contributed by atoms with Crippen molar-refractivity contribution in [3.63, 3.8) is 0 Å². The molecule has 0 unspecified atom stereocenters. The second kappa shape index (κ2) is 8.71. The smallest absolute Gasteiger partial charge is 0.253 e. The van der Waals surface area contributed by atoms with E-state index < -0.39 is 0 Å². The number of ether oxygens (including phenoxy) is 1. The van der Waals surface area contributed by atoms with E-state index in [-0.39, 0.29) is 5.91 Å². The second-order valence-corrected chi connectivity index (χ2v) is 5.81. The first kappa shape index (κ1) is 17.5. The molecule has 0 radical (unpaired) electrons. The Balaban J connectivity index is 1.61. The van der Waals surface area contributed by atoms with Gasteiger partial charge in [0, 0.05) is 37.2 Å². The summed E-state index contributed by atoms with van der Waals surface area (Å²) in [4.78, 5) is 16.6. The fraction of sp³-hybridized carbons (Fsp3) is 0.200. The van der Waals surface area contributed by atoms with Crippen LogP contribution in [-0.4, -0.2) is 29.1 Å². The Hall–Kier alpha value is -3.28. The first-order valence-corrected chi connectivity index (χ1v) is 8.50. The van der Waals surface area contributed by atoms with E-state index in [0.29, 0.717) is 12.1 Å². The van der Waals surface area contributed by atoms with Crippen molar-refractivity contribution in [2.75, 3.05) is 19.0 Å². The van der Waals surface area contributed by atoms with Gasteiger partial charge in [-0.25, -0.2) is 4.98 Å². The van der Waals surface area contributed by atoms with Gasteiger partial charge in [0.1, 0.15) is 5.75 Å². The van der Waals surface area contributed by atoms with Gasteiger partial charge in [-0.2, -0.15) is 0 Å². The molecule has 0 spiro atoms. The van der Waals surface area contributed by atoms with Crippen molar-refractivity contribution in [2.45, 2.75) is 13.0 Å². The van der Waals surface area contributed by atoms with Crippen LogP contribution in [0.25, 0.3) is 0 Å². The molecule has 0 saturated heterocycles. The molecule has 1 heterocycles. The molecule has 26 heavy (non-hydrogen) atoms. The normalized spacial score (nSPS) is 10.3. The van der Waals surface area contributed by atoms with Gasteiger partial charge in [0.15, 0.2) is 0 Å². The summed E-state index contributed by atoms with van der Waals surface area (Å²) >= 11 is 0. The third-order valence-electron chi connectivity index (χ3n) is 3.96. The predicted octanol–water partition coefficient (Wildman–Crippen LogP) is 3.46. The largest absolute Gasteiger partial charge is 0.497 e. The number of rotatable bonds is 8. The van der Waals surface area contributed by atoms with E-state index in [9.17, 15) is 4.79 Å². The van der Waals surface area contributed by atoms with E-state index in [4.69, 9.17) is 4.74 Å². The van der Waals surface area contributed by atoms with Crippen LogP contribution in [-0.2, 0) is 6.54 Å². The standard InChI is InChI=1S/C20H22N4O2/c1-26-17-7-4-6-16(14-17)23-19-9-3-2-8-18(19)20(25)22-10-5-12-24-13-11-21-15-24/h2-4,6-9,11,13-15,23H,5,10,12H2,1H3,(H,22,25). The summed E-state index contributed by atoms with van der Waals surface area (Å²) in [6.07, 6.45) is 6.27. The van der Waals surface area contributed by atoms with Crippen LogP contribution >= 0.6 is 0 Å². The number of methoxy groups -OCH3 is 1. The molecule has 1 amide bonds. The van der Waals surface area contributed by atoms with Crippen LogP contribution in [0.2, 0.25) is 0 Å². The number of para-hydroxylation sites is 1. The fourth-order valence-electron chi connectivity index (χ4n) is 2.62. The maximum Gasteiger partial charge on any atom is 0.253 e. The number of carbonyl (C=O) groups is 1. The van der Waals surface area contributed by atoms with Crippen LogP contribution < -0.4 is 15.4 Å². The number of nitrogens with zero attached hydrogens (tertiary/aromatic N) is 2. The van der Waals surface area contributed by atoms with Crippen molar-refractivity contribution in [2.24, 2.45) is 0 Å². The highest BCUT2D eigenvalue weighted by Gasteiger charge is 2.10. The minimum absolute atomic E-state index is 0.0957. The van der Waals surface area contributed by atoms with Crippen LogP contribution in [0.15, 0.2) is 67.3 Å². The third-order valence-corrected chi connectivity index (χ3v) is 3.96. The van der Waals surface area contributed by atoms with E-state index in [2.05, 4.69) is 15.6 Å². The molecule has 0 aliphatic carbocycles. The van der Waals surface area contributed by atoms with Gasteiger partial charge < -0.3 is 19.9 Å². The molecule has 0 aliphatic rings. The topological polar surface area (TPSA) is 68.2 Å². The Morgan fingerprint density at radius 2 is 2.08 bits per heavy atom. The van der Waals surface area contributed by atoms with Crippen LogP contribution in [0.4, 0.5) is 11.4 Å². The summed E-state index contributed by atoms with van der Waals surface area (Å²) in [5.41, 5.74) is 2.23. The van der Waals surface area contributed by atoms with Gasteiger partial charge in [0.2, 0.25) is 0 Å². The molecule has 0 fully saturated rings. The molecule has 134 valence electrons. The quantitative estimate of drug-likeness (QED) is 0.611. The summed E-state index contributed by atoms with van der Waals surface area (Å²) in [6.45, 7) is 1.43. The summed E-state index contributed by atoms with van der Waals surface area (Å²) < 4.78 is 7.23. The zero-order valence-corrected chi connectivity index (χ0v) is 14.7. The average Bonchev–Trinajstić information content (AvgIpc) is 3.19. The van der Waals surface area contributed by atoms with E-state index in [1.54, 1.807) is 19.6 Å². The van der Waals surface area contributed by atoms with E-state index in [0.717, 1.165) is 30.1 Å². The second-order valence-electron chi connectivity index (χ2n) is 5.81. The highest BCUT2D eigenvalue weighted by Crippen LogP contribution is 2.23. The highest BCUT2D eigenvalue weighted by molar-refractivity contribution is 6.00. The molecule has 6 heteroatoms. The first-order valence-electron chi connectivity index (χ1n) is 8.50. The van der Waals surface area contributed by atoms with Crippen molar-refractivity contribution in [3.8, 4) is 5.75 Å². The molecule has 0 bridgehead atoms. The molecule has 0 saturated carbocycles. The Labute approximate surface area is 152 Å². The van der Waals surface area contributed by atoms with Crippen molar-refractivity contribution in [3.05, 3.63) is 72.8 Å². The molecule has 3 aromatic rings. The van der Waals surface area contributed by atoms with Gasteiger partial charge in [-0.1, -0.05) is 18.2 Å². The van der Waals surface area contributed by atoms with Crippen LogP contribution in [0, 0.1) is 0 Å². The van der Waals surface area contributed by atoms with Crippen molar-refractivity contribution < 1.29 is 9.53 Å². The molecule has 1 aromatic heterocycles. The average molecular weight is 350 g/mol. The lowest BCUT2D eigenvalue weighted by Gasteiger charge is -2.13. The summed E-state index contributed by atoms with van der Waals surface area (Å²) in [5, 5.41) is 6.26. The lowest BCUT2D eigenvalue weighted by molar-refractivity contribution is 0.0953. The third kappa shape index (κ3) is 4.63. The number of aryl methyl sites for hydroxylation is 1. The minimum Gasteiger partial charge on any atom is -0.497 e. The van der Waals surface area contributed by atoms with Crippen LogP contribution in [0.1, 0.15) is 16.8 Å². The molecule has 2 aromatic carbocycles. The number of amides is 1. The monoisotopic (exact) mass is 350 g/mol. The van der Waals surface area contributed by atoms with Gasteiger partial charge in [-0.05, 0) is 30.7 Å². The molecule has 3 rings (SSSR count). The zero-order valence-electron chi connectivity index (χ0n) is 14.7. The fourth-order valence-corrected chi connectivity index (χ4v) is 2.62. The molecular formula is C20H22N4O2. The number of benzene rings is 2.